The van der Waals surface area contributed by atoms with Gasteiger partial charge in [0.25, 0.3) is 0 Å². The van der Waals surface area contributed by atoms with Gasteiger partial charge < -0.3 is 18.9 Å². The van der Waals surface area contributed by atoms with Crippen LogP contribution >= 0.6 is 0 Å². The normalized spacial score (nSPS) is 20.2. The maximum absolute atomic E-state index is 13.2. The number of rotatable bonds is 17. The van der Waals surface area contributed by atoms with Crippen molar-refractivity contribution >= 4 is 18.0 Å². The number of carbonyl (C=O) groups is 3. The summed E-state index contributed by atoms with van der Waals surface area (Å²) >= 11 is 0. The van der Waals surface area contributed by atoms with Crippen LogP contribution in [0.4, 0.5) is 4.79 Å². The van der Waals surface area contributed by atoms with Crippen LogP contribution in [0.3, 0.4) is 0 Å². The number of nitrogens with zero attached hydrogens (tertiary/aromatic N) is 3. The van der Waals surface area contributed by atoms with Crippen molar-refractivity contribution in [3.05, 3.63) is 61.2 Å². The molecule has 10 nitrogen and oxygen atoms in total. The molecule has 0 spiro atoms. The number of benzene rings is 1. The standard InChI is InChI=1S/C22H30N2O4.C14H25NO3/c1-2-7-19(10-6-11-23-12-14-27-15-13-23)21(25)24-20(17-28-22(24)26)16-18-8-4-3-5-9-18;1-3-6-13(14(16)18-4-2)7-5-8-15-9-11-17-12-10-15/h2-5,8-9,19-20H,1,6-7,10-17H2;3,13H,1,4-12H2,2H3/t19-,20-;13-/m00/s1. The smallest absolute Gasteiger partial charge is 0.416 e. The number of morpholine rings is 2. The molecule has 0 saturated carbocycles. The molecule has 3 aliphatic rings. The SMILES string of the molecule is C=CC[C@@H](CCCN1CCOCC1)C(=O)N1C(=O)OC[C@@H]1Cc1ccccc1.C=CC[C@@H](CCCN1CCOCC1)C(=O)OCC. The first-order valence-corrected chi connectivity index (χ1v) is 17.0. The Bertz CT molecular complexity index is 1060. The average Bonchev–Trinajstić information content (AvgIpc) is 3.44. The van der Waals surface area contributed by atoms with Crippen LogP contribution in [0.15, 0.2) is 55.6 Å². The van der Waals surface area contributed by atoms with Crippen molar-refractivity contribution in [1.82, 2.24) is 14.7 Å². The molecule has 0 bridgehead atoms. The lowest BCUT2D eigenvalue weighted by molar-refractivity contribution is -0.148. The number of cyclic esters (lactones) is 1. The third-order valence-corrected chi connectivity index (χ3v) is 8.65. The molecule has 4 rings (SSSR count). The van der Waals surface area contributed by atoms with Gasteiger partial charge in [-0.3, -0.25) is 19.4 Å². The third kappa shape index (κ3) is 13.0. The van der Waals surface area contributed by atoms with Crippen molar-refractivity contribution in [2.45, 2.75) is 57.9 Å². The molecule has 3 heterocycles. The zero-order valence-corrected chi connectivity index (χ0v) is 27.8. The zero-order chi connectivity index (χ0) is 33.0. The molecule has 256 valence electrons. The summed E-state index contributed by atoms with van der Waals surface area (Å²) in [4.78, 5) is 43.3. The second-order valence-electron chi connectivity index (χ2n) is 12.0. The first kappa shape index (κ1) is 37.4. The van der Waals surface area contributed by atoms with Gasteiger partial charge in [-0.25, -0.2) is 9.69 Å². The molecule has 46 heavy (non-hydrogen) atoms. The van der Waals surface area contributed by atoms with Crippen molar-refractivity contribution in [3.8, 4) is 0 Å². The Kier molecular flexibility index (Phi) is 17.6. The summed E-state index contributed by atoms with van der Waals surface area (Å²) in [5.41, 5.74) is 1.09. The number of hydrogen-bond acceptors (Lipinski definition) is 9. The van der Waals surface area contributed by atoms with Crippen molar-refractivity contribution in [3.63, 3.8) is 0 Å². The molecular formula is C36H55N3O7. The van der Waals surface area contributed by atoms with E-state index in [4.69, 9.17) is 18.9 Å². The lowest BCUT2D eigenvalue weighted by Gasteiger charge is -2.28. The molecule has 3 saturated heterocycles. The molecule has 0 N–H and O–H groups in total. The summed E-state index contributed by atoms with van der Waals surface area (Å²) in [5.74, 6) is -0.476. The lowest BCUT2D eigenvalue weighted by atomic mass is 9.96. The van der Waals surface area contributed by atoms with E-state index in [0.29, 0.717) is 25.9 Å². The van der Waals surface area contributed by atoms with Gasteiger partial charge in [0.2, 0.25) is 5.91 Å². The molecule has 0 aromatic heterocycles. The number of carbonyl (C=O) groups excluding carboxylic acids is 3. The van der Waals surface area contributed by atoms with Crippen LogP contribution in [-0.2, 0) is 35.0 Å². The Hall–Kier alpha value is -3.05. The summed E-state index contributed by atoms with van der Waals surface area (Å²) in [5, 5.41) is 0. The first-order chi connectivity index (χ1) is 22.5. The molecule has 3 aliphatic heterocycles. The van der Waals surface area contributed by atoms with Crippen molar-refractivity contribution in [2.75, 3.05) is 78.9 Å². The van der Waals surface area contributed by atoms with E-state index in [1.807, 2.05) is 37.3 Å². The molecule has 2 amide bonds. The van der Waals surface area contributed by atoms with Gasteiger partial charge >= 0.3 is 12.1 Å². The van der Waals surface area contributed by atoms with Gasteiger partial charge in [0.05, 0.1) is 45.0 Å². The number of hydrogen-bond donors (Lipinski definition) is 0. The number of esters is 1. The zero-order valence-electron chi connectivity index (χ0n) is 27.8. The minimum Gasteiger partial charge on any atom is -0.466 e. The molecule has 0 radical (unpaired) electrons. The molecule has 3 fully saturated rings. The van der Waals surface area contributed by atoms with E-state index in [2.05, 4.69) is 23.0 Å². The predicted octanol–water partition coefficient (Wildman–Crippen LogP) is 4.74. The minimum absolute atomic E-state index is 0.0245. The Morgan fingerprint density at radius 3 is 1.98 bits per heavy atom. The van der Waals surface area contributed by atoms with E-state index in [1.165, 1.54) is 4.90 Å². The molecule has 1 aromatic rings. The van der Waals surface area contributed by atoms with Crippen LogP contribution in [0.2, 0.25) is 0 Å². The monoisotopic (exact) mass is 641 g/mol. The summed E-state index contributed by atoms with van der Waals surface area (Å²) in [6.07, 6.45) is 8.51. The minimum atomic E-state index is -0.520. The Morgan fingerprint density at radius 2 is 1.43 bits per heavy atom. The van der Waals surface area contributed by atoms with Gasteiger partial charge in [0, 0.05) is 32.1 Å². The van der Waals surface area contributed by atoms with Gasteiger partial charge in [-0.1, -0.05) is 42.5 Å². The third-order valence-electron chi connectivity index (χ3n) is 8.65. The Balaban J connectivity index is 0.000000277. The maximum atomic E-state index is 13.2. The highest BCUT2D eigenvalue weighted by Gasteiger charge is 2.40. The second-order valence-corrected chi connectivity index (χ2v) is 12.0. The van der Waals surface area contributed by atoms with Gasteiger partial charge in [0.1, 0.15) is 6.61 Å². The number of ether oxygens (including phenoxy) is 4. The predicted molar refractivity (Wildman–Crippen MR) is 178 cm³/mol. The fourth-order valence-electron chi connectivity index (χ4n) is 6.07. The second kappa shape index (κ2) is 21.7. The van der Waals surface area contributed by atoms with Crippen molar-refractivity contribution in [1.29, 1.82) is 0 Å². The molecule has 3 atom stereocenters. The molecule has 10 heteroatoms. The van der Waals surface area contributed by atoms with Gasteiger partial charge in [-0.15, -0.1) is 13.2 Å². The Morgan fingerprint density at radius 1 is 0.891 bits per heavy atom. The fraction of sp³-hybridized carbons (Fsp3) is 0.639. The fourth-order valence-corrected chi connectivity index (χ4v) is 6.07. The summed E-state index contributed by atoms with van der Waals surface area (Å²) in [6, 6.07) is 9.66. The van der Waals surface area contributed by atoms with Gasteiger partial charge in [0.15, 0.2) is 0 Å². The van der Waals surface area contributed by atoms with E-state index in [-0.39, 0.29) is 36.4 Å². The van der Waals surface area contributed by atoms with E-state index in [1.54, 1.807) is 12.2 Å². The van der Waals surface area contributed by atoms with E-state index < -0.39 is 6.09 Å². The van der Waals surface area contributed by atoms with Crippen LogP contribution in [0.1, 0.15) is 51.0 Å². The number of amides is 2. The summed E-state index contributed by atoms with van der Waals surface area (Å²) in [7, 11) is 0. The quantitative estimate of drug-likeness (QED) is 0.177. The topological polar surface area (TPSA) is 97.9 Å². The van der Waals surface area contributed by atoms with E-state index in [0.717, 1.165) is 96.9 Å². The highest BCUT2D eigenvalue weighted by molar-refractivity contribution is 5.94. The number of imide groups is 1. The highest BCUT2D eigenvalue weighted by Crippen LogP contribution is 2.24. The van der Waals surface area contributed by atoms with Crippen molar-refractivity contribution in [2.24, 2.45) is 11.8 Å². The van der Waals surface area contributed by atoms with Crippen LogP contribution in [-0.4, -0.2) is 118 Å². The summed E-state index contributed by atoms with van der Waals surface area (Å²) in [6.45, 7) is 19.1. The Labute approximate surface area is 275 Å². The van der Waals surface area contributed by atoms with Crippen LogP contribution in [0, 0.1) is 11.8 Å². The first-order valence-electron chi connectivity index (χ1n) is 17.0. The van der Waals surface area contributed by atoms with E-state index in [9.17, 15) is 14.4 Å². The maximum Gasteiger partial charge on any atom is 0.416 e. The average molecular weight is 642 g/mol. The van der Waals surface area contributed by atoms with E-state index >= 15 is 0 Å². The molecular weight excluding hydrogens is 586 g/mol. The highest BCUT2D eigenvalue weighted by atomic mass is 16.6. The van der Waals surface area contributed by atoms with Gasteiger partial charge in [-0.05, 0) is 70.5 Å². The van der Waals surface area contributed by atoms with Crippen LogP contribution in [0.5, 0.6) is 0 Å². The molecule has 1 aromatic carbocycles. The van der Waals surface area contributed by atoms with Crippen molar-refractivity contribution < 1.29 is 33.3 Å². The summed E-state index contributed by atoms with van der Waals surface area (Å²) < 4.78 is 21.0. The largest absolute Gasteiger partial charge is 0.466 e. The molecule has 0 unspecified atom stereocenters. The van der Waals surface area contributed by atoms with Crippen LogP contribution < -0.4 is 0 Å². The van der Waals surface area contributed by atoms with Gasteiger partial charge in [-0.2, -0.15) is 0 Å². The lowest BCUT2D eigenvalue weighted by Crippen LogP contribution is -2.43. The number of allylic oxidation sites excluding steroid dienone is 2. The molecule has 0 aliphatic carbocycles. The van der Waals surface area contributed by atoms with Crippen LogP contribution in [0.25, 0.3) is 0 Å².